The minimum Gasteiger partial charge on any atom is -0.494 e. The third-order valence-electron chi connectivity index (χ3n) is 5.12. The van der Waals surface area contributed by atoms with Crippen molar-refractivity contribution in [2.45, 2.75) is 26.7 Å². The Morgan fingerprint density at radius 1 is 0.774 bits per heavy atom. The minimum atomic E-state index is -0.143. The largest absolute Gasteiger partial charge is 0.494 e. The first kappa shape index (κ1) is 20.7. The second-order valence-corrected chi connectivity index (χ2v) is 7.67. The molecule has 0 atom stereocenters. The highest BCUT2D eigenvalue weighted by atomic mass is 16.5. The number of rotatable bonds is 8. The quantitative estimate of drug-likeness (QED) is 0.317. The fourth-order valence-corrected chi connectivity index (χ4v) is 3.40. The third kappa shape index (κ3) is 4.97. The maximum Gasteiger partial charge on any atom is 0.235 e. The van der Waals surface area contributed by atoms with Crippen LogP contribution in [0.25, 0.3) is 22.3 Å². The van der Waals surface area contributed by atoms with Gasteiger partial charge in [0.25, 0.3) is 0 Å². The number of unbranched alkanes of at least 4 members (excludes halogenated alkanes) is 1. The first-order valence-electron chi connectivity index (χ1n) is 10.6. The van der Waals surface area contributed by atoms with E-state index in [0.29, 0.717) is 29.9 Å². The van der Waals surface area contributed by atoms with E-state index in [2.05, 4.69) is 6.92 Å². The lowest BCUT2D eigenvalue weighted by molar-refractivity contribution is 0.263. The second-order valence-electron chi connectivity index (χ2n) is 7.67. The lowest BCUT2D eigenvalue weighted by atomic mass is 10.1. The average molecular weight is 415 g/mol. The van der Waals surface area contributed by atoms with Crippen LogP contribution in [0.15, 0.2) is 82.0 Å². The Hall–Kier alpha value is -3.53. The standard InChI is InChI=1S/C27H26O4/c1-19-10-13-22(14-11-19)29-16-6-7-17-30-27-25(28)23-15-12-20(2)18-24(23)31-26(27)21-8-4-3-5-9-21/h3-5,8-15,18H,6-7,16-17H2,1-2H3. The molecule has 4 heteroatoms. The Morgan fingerprint density at radius 2 is 1.45 bits per heavy atom. The van der Waals surface area contributed by atoms with Crippen LogP contribution in [0.3, 0.4) is 0 Å². The molecule has 4 rings (SSSR count). The molecule has 0 bridgehead atoms. The smallest absolute Gasteiger partial charge is 0.235 e. The summed E-state index contributed by atoms with van der Waals surface area (Å²) >= 11 is 0. The van der Waals surface area contributed by atoms with E-state index in [1.165, 1.54) is 5.56 Å². The molecule has 0 unspecified atom stereocenters. The molecule has 0 saturated heterocycles. The number of hydrogen-bond acceptors (Lipinski definition) is 4. The topological polar surface area (TPSA) is 48.7 Å². The van der Waals surface area contributed by atoms with Gasteiger partial charge in [-0.25, -0.2) is 0 Å². The summed E-state index contributed by atoms with van der Waals surface area (Å²) in [6.45, 7) is 5.04. The van der Waals surface area contributed by atoms with Crippen LogP contribution in [0.2, 0.25) is 0 Å². The third-order valence-corrected chi connectivity index (χ3v) is 5.12. The Balaban J connectivity index is 1.47. The molecule has 0 aliphatic heterocycles. The highest BCUT2D eigenvalue weighted by Gasteiger charge is 2.17. The molecule has 31 heavy (non-hydrogen) atoms. The van der Waals surface area contributed by atoms with Gasteiger partial charge in [0.1, 0.15) is 11.3 Å². The first-order valence-corrected chi connectivity index (χ1v) is 10.6. The molecule has 1 heterocycles. The highest BCUT2D eigenvalue weighted by Crippen LogP contribution is 2.31. The second kappa shape index (κ2) is 9.52. The van der Waals surface area contributed by atoms with Crippen molar-refractivity contribution in [3.63, 3.8) is 0 Å². The summed E-state index contributed by atoms with van der Waals surface area (Å²) in [5, 5.41) is 0.531. The summed E-state index contributed by atoms with van der Waals surface area (Å²) in [4.78, 5) is 13.2. The van der Waals surface area contributed by atoms with E-state index in [0.717, 1.165) is 29.7 Å². The van der Waals surface area contributed by atoms with Crippen molar-refractivity contribution in [2.75, 3.05) is 13.2 Å². The number of fused-ring (bicyclic) bond motifs is 1. The predicted octanol–water partition coefficient (Wildman–Crippen LogP) is 6.31. The zero-order chi connectivity index (χ0) is 21.6. The molecular weight excluding hydrogens is 388 g/mol. The SMILES string of the molecule is Cc1ccc(OCCCCOc2c(-c3ccccc3)oc3cc(C)ccc3c2=O)cc1. The Bertz CT molecular complexity index is 1210. The van der Waals surface area contributed by atoms with Crippen molar-refractivity contribution in [3.8, 4) is 22.8 Å². The summed E-state index contributed by atoms with van der Waals surface area (Å²) in [5.41, 5.74) is 3.50. The van der Waals surface area contributed by atoms with Gasteiger partial charge >= 0.3 is 0 Å². The number of ether oxygens (including phenoxy) is 2. The van der Waals surface area contributed by atoms with Gasteiger partial charge in [0.2, 0.25) is 11.2 Å². The van der Waals surface area contributed by atoms with Crippen LogP contribution in [-0.4, -0.2) is 13.2 Å². The van der Waals surface area contributed by atoms with E-state index in [9.17, 15) is 4.79 Å². The van der Waals surface area contributed by atoms with Gasteiger partial charge in [-0.15, -0.1) is 0 Å². The van der Waals surface area contributed by atoms with Crippen molar-refractivity contribution in [3.05, 3.63) is 94.1 Å². The van der Waals surface area contributed by atoms with E-state index in [-0.39, 0.29) is 11.2 Å². The fourth-order valence-electron chi connectivity index (χ4n) is 3.40. The normalized spacial score (nSPS) is 10.9. The molecule has 0 saturated carbocycles. The van der Waals surface area contributed by atoms with Crippen LogP contribution in [0.1, 0.15) is 24.0 Å². The number of benzene rings is 3. The van der Waals surface area contributed by atoms with Crippen LogP contribution >= 0.6 is 0 Å². The van der Waals surface area contributed by atoms with Gasteiger partial charge in [0.05, 0.1) is 18.6 Å². The van der Waals surface area contributed by atoms with E-state index in [4.69, 9.17) is 13.9 Å². The minimum absolute atomic E-state index is 0.143. The summed E-state index contributed by atoms with van der Waals surface area (Å²) in [5.74, 6) is 1.60. The molecule has 0 aliphatic carbocycles. The molecule has 0 radical (unpaired) electrons. The zero-order valence-electron chi connectivity index (χ0n) is 17.9. The van der Waals surface area contributed by atoms with Gasteiger partial charge < -0.3 is 13.9 Å². The summed E-state index contributed by atoms with van der Waals surface area (Å²) in [7, 11) is 0. The Labute approximate surface area is 182 Å². The number of aryl methyl sites for hydroxylation is 2. The summed E-state index contributed by atoms with van der Waals surface area (Å²) in [6.07, 6.45) is 1.60. The van der Waals surface area contributed by atoms with Crippen molar-refractivity contribution in [1.29, 1.82) is 0 Å². The first-order chi connectivity index (χ1) is 15.1. The maximum absolute atomic E-state index is 13.2. The van der Waals surface area contributed by atoms with Crippen molar-refractivity contribution in [2.24, 2.45) is 0 Å². The van der Waals surface area contributed by atoms with Gasteiger partial charge in [-0.1, -0.05) is 54.1 Å². The highest BCUT2D eigenvalue weighted by molar-refractivity contribution is 5.82. The van der Waals surface area contributed by atoms with Crippen LogP contribution in [0, 0.1) is 13.8 Å². The van der Waals surface area contributed by atoms with Gasteiger partial charge in [-0.05, 0) is 56.5 Å². The van der Waals surface area contributed by atoms with Crippen molar-refractivity contribution >= 4 is 11.0 Å². The molecule has 1 aromatic heterocycles. The Morgan fingerprint density at radius 3 is 2.19 bits per heavy atom. The van der Waals surface area contributed by atoms with Crippen molar-refractivity contribution < 1.29 is 13.9 Å². The van der Waals surface area contributed by atoms with Crippen molar-refractivity contribution in [1.82, 2.24) is 0 Å². The monoisotopic (exact) mass is 414 g/mol. The molecule has 0 aliphatic rings. The summed E-state index contributed by atoms with van der Waals surface area (Å²) < 4.78 is 17.9. The van der Waals surface area contributed by atoms with Gasteiger partial charge in [0, 0.05) is 5.56 Å². The van der Waals surface area contributed by atoms with Crippen LogP contribution in [0.4, 0.5) is 0 Å². The van der Waals surface area contributed by atoms with Crippen LogP contribution < -0.4 is 14.9 Å². The Kier molecular flexibility index (Phi) is 6.37. The van der Waals surface area contributed by atoms with E-state index < -0.39 is 0 Å². The van der Waals surface area contributed by atoms with E-state index in [1.807, 2.05) is 73.7 Å². The molecule has 3 aromatic carbocycles. The van der Waals surface area contributed by atoms with Gasteiger partial charge in [-0.2, -0.15) is 0 Å². The van der Waals surface area contributed by atoms with Gasteiger partial charge in [-0.3, -0.25) is 4.79 Å². The molecule has 0 amide bonds. The van der Waals surface area contributed by atoms with E-state index >= 15 is 0 Å². The lowest BCUT2D eigenvalue weighted by Gasteiger charge is -2.12. The zero-order valence-corrected chi connectivity index (χ0v) is 17.9. The predicted molar refractivity (Wildman–Crippen MR) is 124 cm³/mol. The maximum atomic E-state index is 13.2. The van der Waals surface area contributed by atoms with E-state index in [1.54, 1.807) is 6.07 Å². The number of hydrogen-bond donors (Lipinski definition) is 0. The molecule has 0 fully saturated rings. The molecule has 0 N–H and O–H groups in total. The molecule has 0 spiro atoms. The summed E-state index contributed by atoms with van der Waals surface area (Å²) in [6, 6.07) is 23.2. The molecular formula is C27H26O4. The van der Waals surface area contributed by atoms with Crippen LogP contribution in [0.5, 0.6) is 11.5 Å². The molecule has 4 aromatic rings. The van der Waals surface area contributed by atoms with Gasteiger partial charge in [0.15, 0.2) is 5.76 Å². The van der Waals surface area contributed by atoms with Crippen LogP contribution in [-0.2, 0) is 0 Å². The molecule has 4 nitrogen and oxygen atoms in total. The average Bonchev–Trinajstić information content (AvgIpc) is 2.79. The lowest BCUT2D eigenvalue weighted by Crippen LogP contribution is -2.12. The molecule has 158 valence electrons. The fraction of sp³-hybridized carbons (Fsp3) is 0.222.